The van der Waals surface area contributed by atoms with Crippen LogP contribution >= 0.6 is 0 Å². The van der Waals surface area contributed by atoms with Gasteiger partial charge in [0.05, 0.1) is 5.60 Å². The largest absolute Gasteiger partial charge is 0.389 e. The molecule has 1 rings (SSSR count). The molecule has 1 fully saturated rings. The first-order valence-corrected chi connectivity index (χ1v) is 5.86. The standard InChI is InChI=1S/C12H25NO/c1-10(2)12(4,14)9-13-7-5-6-11(3)8-13/h10-11,14H,5-9H2,1-4H3. The molecule has 2 nitrogen and oxygen atoms in total. The van der Waals surface area contributed by atoms with Crippen molar-refractivity contribution in [3.63, 3.8) is 0 Å². The Labute approximate surface area is 88.3 Å². The van der Waals surface area contributed by atoms with Gasteiger partial charge >= 0.3 is 0 Å². The molecule has 0 saturated carbocycles. The summed E-state index contributed by atoms with van der Waals surface area (Å²) in [5.74, 6) is 1.13. The van der Waals surface area contributed by atoms with E-state index in [1.165, 1.54) is 12.8 Å². The van der Waals surface area contributed by atoms with E-state index in [0.717, 1.165) is 25.6 Å². The monoisotopic (exact) mass is 199 g/mol. The number of hydrogen-bond donors (Lipinski definition) is 1. The topological polar surface area (TPSA) is 23.5 Å². The Hall–Kier alpha value is -0.0800. The van der Waals surface area contributed by atoms with Gasteiger partial charge in [0.15, 0.2) is 0 Å². The van der Waals surface area contributed by atoms with E-state index in [4.69, 9.17) is 0 Å². The van der Waals surface area contributed by atoms with Gasteiger partial charge in [-0.3, -0.25) is 0 Å². The summed E-state index contributed by atoms with van der Waals surface area (Å²) < 4.78 is 0. The van der Waals surface area contributed by atoms with E-state index in [9.17, 15) is 5.11 Å². The van der Waals surface area contributed by atoms with Crippen molar-refractivity contribution in [2.45, 2.75) is 46.1 Å². The van der Waals surface area contributed by atoms with Gasteiger partial charge in [0.1, 0.15) is 0 Å². The molecule has 1 heterocycles. The van der Waals surface area contributed by atoms with Crippen molar-refractivity contribution in [3.05, 3.63) is 0 Å². The van der Waals surface area contributed by atoms with Gasteiger partial charge in [0.25, 0.3) is 0 Å². The van der Waals surface area contributed by atoms with Gasteiger partial charge < -0.3 is 10.0 Å². The highest BCUT2D eigenvalue weighted by molar-refractivity contribution is 4.82. The summed E-state index contributed by atoms with van der Waals surface area (Å²) in [5.41, 5.74) is -0.531. The third-order valence-electron chi connectivity index (χ3n) is 3.53. The van der Waals surface area contributed by atoms with E-state index < -0.39 is 5.60 Å². The van der Waals surface area contributed by atoms with Crippen LogP contribution < -0.4 is 0 Å². The lowest BCUT2D eigenvalue weighted by Crippen LogP contribution is -2.47. The molecule has 0 radical (unpaired) electrons. The first-order valence-electron chi connectivity index (χ1n) is 5.86. The highest BCUT2D eigenvalue weighted by Gasteiger charge is 2.29. The molecule has 2 unspecified atom stereocenters. The van der Waals surface area contributed by atoms with E-state index >= 15 is 0 Å². The van der Waals surface area contributed by atoms with E-state index in [0.29, 0.717) is 5.92 Å². The van der Waals surface area contributed by atoms with Gasteiger partial charge in [-0.2, -0.15) is 0 Å². The van der Waals surface area contributed by atoms with Crippen molar-refractivity contribution in [1.82, 2.24) is 4.90 Å². The van der Waals surface area contributed by atoms with Gasteiger partial charge in [0, 0.05) is 13.1 Å². The molecule has 0 aromatic heterocycles. The summed E-state index contributed by atoms with van der Waals surface area (Å²) in [6.45, 7) is 11.6. The molecule has 0 aromatic rings. The first kappa shape index (κ1) is 12.0. The second-order valence-corrected chi connectivity index (χ2v) is 5.49. The average Bonchev–Trinajstić information content (AvgIpc) is 2.02. The smallest absolute Gasteiger partial charge is 0.0768 e. The van der Waals surface area contributed by atoms with Crippen molar-refractivity contribution in [1.29, 1.82) is 0 Å². The molecule has 84 valence electrons. The van der Waals surface area contributed by atoms with Crippen LogP contribution in [0.2, 0.25) is 0 Å². The van der Waals surface area contributed by atoms with Crippen LogP contribution in [-0.4, -0.2) is 35.2 Å². The third-order valence-corrected chi connectivity index (χ3v) is 3.53. The van der Waals surface area contributed by atoms with Gasteiger partial charge in [0.2, 0.25) is 0 Å². The minimum Gasteiger partial charge on any atom is -0.389 e. The second-order valence-electron chi connectivity index (χ2n) is 5.49. The number of nitrogens with zero attached hydrogens (tertiary/aromatic N) is 1. The quantitative estimate of drug-likeness (QED) is 0.752. The first-order chi connectivity index (χ1) is 6.42. The lowest BCUT2D eigenvalue weighted by molar-refractivity contribution is -0.0268. The van der Waals surface area contributed by atoms with Crippen LogP contribution in [0.1, 0.15) is 40.5 Å². The van der Waals surface area contributed by atoms with Crippen molar-refractivity contribution >= 4 is 0 Å². The molecule has 1 N–H and O–H groups in total. The van der Waals surface area contributed by atoms with Crippen molar-refractivity contribution in [2.75, 3.05) is 19.6 Å². The predicted octanol–water partition coefficient (Wildman–Crippen LogP) is 2.13. The number of piperidine rings is 1. The van der Waals surface area contributed by atoms with Gasteiger partial charge in [-0.15, -0.1) is 0 Å². The van der Waals surface area contributed by atoms with Crippen LogP contribution in [0.3, 0.4) is 0 Å². The zero-order valence-electron chi connectivity index (χ0n) is 10.1. The fraction of sp³-hybridized carbons (Fsp3) is 1.00. The maximum Gasteiger partial charge on any atom is 0.0768 e. The number of hydrogen-bond acceptors (Lipinski definition) is 2. The summed E-state index contributed by atoms with van der Waals surface area (Å²) in [4.78, 5) is 2.41. The van der Waals surface area contributed by atoms with E-state index in [2.05, 4.69) is 25.7 Å². The van der Waals surface area contributed by atoms with E-state index in [1.54, 1.807) is 0 Å². The molecule has 2 atom stereocenters. The normalized spacial score (nSPS) is 29.1. The van der Waals surface area contributed by atoms with Crippen molar-refractivity contribution < 1.29 is 5.11 Å². The van der Waals surface area contributed by atoms with Gasteiger partial charge in [-0.1, -0.05) is 20.8 Å². The van der Waals surface area contributed by atoms with Gasteiger partial charge in [-0.25, -0.2) is 0 Å². The molecule has 2 heteroatoms. The average molecular weight is 199 g/mol. The molecule has 0 aliphatic carbocycles. The Bertz CT molecular complexity index is 177. The molecule has 14 heavy (non-hydrogen) atoms. The third kappa shape index (κ3) is 3.25. The Morgan fingerprint density at radius 2 is 2.14 bits per heavy atom. The zero-order valence-corrected chi connectivity index (χ0v) is 10.1. The number of β-amino-alcohol motifs (C(OH)–C–C–N with tert-alkyl or cyclic N) is 1. The number of rotatable bonds is 3. The fourth-order valence-electron chi connectivity index (χ4n) is 2.07. The molecule has 0 spiro atoms. The Morgan fingerprint density at radius 3 is 2.64 bits per heavy atom. The minimum absolute atomic E-state index is 0.333. The van der Waals surface area contributed by atoms with Crippen LogP contribution in [-0.2, 0) is 0 Å². The number of aliphatic hydroxyl groups is 1. The molecule has 0 aromatic carbocycles. The molecular formula is C12H25NO. The van der Waals surface area contributed by atoms with Crippen LogP contribution in [0.5, 0.6) is 0 Å². The Morgan fingerprint density at radius 1 is 1.50 bits per heavy atom. The molecule has 1 aliphatic heterocycles. The van der Waals surface area contributed by atoms with Crippen LogP contribution in [0, 0.1) is 11.8 Å². The maximum atomic E-state index is 10.2. The summed E-state index contributed by atoms with van der Waals surface area (Å²) >= 11 is 0. The predicted molar refractivity (Wildman–Crippen MR) is 60.3 cm³/mol. The molecule has 1 aliphatic rings. The lowest BCUT2D eigenvalue weighted by atomic mass is 9.90. The molecule has 0 bridgehead atoms. The van der Waals surface area contributed by atoms with E-state index in [1.807, 2.05) is 6.92 Å². The highest BCUT2D eigenvalue weighted by Crippen LogP contribution is 2.22. The maximum absolute atomic E-state index is 10.2. The highest BCUT2D eigenvalue weighted by atomic mass is 16.3. The SMILES string of the molecule is CC1CCCN(CC(C)(O)C(C)C)C1. The number of likely N-dealkylation sites (tertiary alicyclic amines) is 1. The fourth-order valence-corrected chi connectivity index (χ4v) is 2.07. The van der Waals surface area contributed by atoms with Crippen LogP contribution in [0.25, 0.3) is 0 Å². The molecular weight excluding hydrogens is 174 g/mol. The van der Waals surface area contributed by atoms with Crippen molar-refractivity contribution in [3.8, 4) is 0 Å². The Kier molecular flexibility index (Phi) is 3.96. The molecule has 1 saturated heterocycles. The second kappa shape index (κ2) is 4.63. The van der Waals surface area contributed by atoms with Crippen molar-refractivity contribution in [2.24, 2.45) is 11.8 Å². The minimum atomic E-state index is -0.531. The summed E-state index contributed by atoms with van der Waals surface area (Å²) in [7, 11) is 0. The zero-order chi connectivity index (χ0) is 10.8. The summed E-state index contributed by atoms with van der Waals surface area (Å²) in [5, 5.41) is 10.2. The van der Waals surface area contributed by atoms with Crippen LogP contribution in [0.15, 0.2) is 0 Å². The summed E-state index contributed by atoms with van der Waals surface area (Å²) in [6, 6.07) is 0. The van der Waals surface area contributed by atoms with Gasteiger partial charge in [-0.05, 0) is 38.1 Å². The van der Waals surface area contributed by atoms with Crippen LogP contribution in [0.4, 0.5) is 0 Å². The Balaban J connectivity index is 2.43. The molecule has 0 amide bonds. The van der Waals surface area contributed by atoms with E-state index in [-0.39, 0.29) is 0 Å². The summed E-state index contributed by atoms with van der Waals surface area (Å²) in [6.07, 6.45) is 2.63. The lowest BCUT2D eigenvalue weighted by Gasteiger charge is -2.38.